The molecule has 0 radical (unpaired) electrons. The topological polar surface area (TPSA) is 122 Å². The third-order valence-electron chi connectivity index (χ3n) is 4.83. The van der Waals surface area contributed by atoms with Crippen molar-refractivity contribution in [1.82, 2.24) is 4.57 Å². The fourth-order valence-electron chi connectivity index (χ4n) is 3.37. The smallest absolute Gasteiger partial charge is 0.240 e. The van der Waals surface area contributed by atoms with Crippen LogP contribution in [0.3, 0.4) is 0 Å². The molecule has 0 aliphatic heterocycles. The molecule has 4 aromatic rings. The Hall–Kier alpha value is -3.12. The van der Waals surface area contributed by atoms with E-state index in [4.69, 9.17) is 17.4 Å². The van der Waals surface area contributed by atoms with E-state index < -0.39 is 10.0 Å². The lowest BCUT2D eigenvalue weighted by Gasteiger charge is -2.08. The number of sulfonamides is 1. The summed E-state index contributed by atoms with van der Waals surface area (Å²) in [6.45, 7) is 0.435. The SMILES string of the molecule is NS(=O)(=O)c1ccccc1NC(=S)N=Nc1c(O)n(Cc2ccccc2)c2ccc(Br)cc12. The standard InChI is InChI=1S/C22H18BrN5O3S2/c23-15-10-11-18-16(12-15)20(21(29)28(18)13-14-6-2-1-3-7-14)26-27-22(32)25-17-8-4-5-9-19(17)33(24,30)31/h1-12,29H,13H2,(H,25,32)(H2,24,30,31). The third-order valence-corrected chi connectivity index (χ3v) is 6.48. The number of hydrogen-bond acceptors (Lipinski definition) is 5. The van der Waals surface area contributed by atoms with Crippen LogP contribution in [-0.2, 0) is 16.6 Å². The molecule has 0 bridgehead atoms. The summed E-state index contributed by atoms with van der Waals surface area (Å²) in [5, 5.41) is 27.7. The zero-order valence-electron chi connectivity index (χ0n) is 17.0. The molecule has 0 unspecified atom stereocenters. The average molecular weight is 544 g/mol. The first-order valence-electron chi connectivity index (χ1n) is 9.63. The maximum absolute atomic E-state index is 11.8. The highest BCUT2D eigenvalue weighted by molar-refractivity contribution is 9.10. The molecular formula is C22H18BrN5O3S2. The van der Waals surface area contributed by atoms with Crippen LogP contribution in [0.15, 0.2) is 92.4 Å². The van der Waals surface area contributed by atoms with Crippen LogP contribution in [0, 0.1) is 0 Å². The first-order valence-corrected chi connectivity index (χ1v) is 12.4. The van der Waals surface area contributed by atoms with Crippen molar-refractivity contribution in [3.63, 3.8) is 0 Å². The van der Waals surface area contributed by atoms with Crippen molar-refractivity contribution in [2.75, 3.05) is 5.32 Å². The van der Waals surface area contributed by atoms with Crippen LogP contribution in [-0.4, -0.2) is 23.2 Å². The van der Waals surface area contributed by atoms with Crippen molar-refractivity contribution in [2.45, 2.75) is 11.4 Å². The molecule has 0 saturated carbocycles. The second-order valence-electron chi connectivity index (χ2n) is 7.08. The van der Waals surface area contributed by atoms with Gasteiger partial charge in [-0.1, -0.05) is 58.4 Å². The summed E-state index contributed by atoms with van der Waals surface area (Å²) in [7, 11) is -3.96. The van der Waals surface area contributed by atoms with E-state index in [1.807, 2.05) is 48.5 Å². The van der Waals surface area contributed by atoms with Crippen molar-refractivity contribution in [3.05, 3.63) is 82.8 Å². The van der Waals surface area contributed by atoms with E-state index in [1.165, 1.54) is 12.1 Å². The summed E-state index contributed by atoms with van der Waals surface area (Å²) < 4.78 is 26.1. The molecule has 33 heavy (non-hydrogen) atoms. The summed E-state index contributed by atoms with van der Waals surface area (Å²) in [6.07, 6.45) is 0. The fraction of sp³-hybridized carbons (Fsp3) is 0.0455. The molecule has 0 atom stereocenters. The first kappa shape index (κ1) is 23.1. The number of anilines is 1. The molecule has 8 nitrogen and oxygen atoms in total. The van der Waals surface area contributed by atoms with Crippen LogP contribution in [0.2, 0.25) is 0 Å². The van der Waals surface area contributed by atoms with E-state index >= 15 is 0 Å². The molecule has 0 fully saturated rings. The molecule has 0 saturated heterocycles. The predicted molar refractivity (Wildman–Crippen MR) is 135 cm³/mol. The lowest BCUT2D eigenvalue weighted by molar-refractivity contribution is 0.429. The highest BCUT2D eigenvalue weighted by Gasteiger charge is 2.18. The van der Waals surface area contributed by atoms with Crippen LogP contribution in [0.1, 0.15) is 5.56 Å². The van der Waals surface area contributed by atoms with Gasteiger partial charge in [-0.25, -0.2) is 13.6 Å². The minimum absolute atomic E-state index is 0.0663. The number of nitrogens with one attached hydrogen (secondary N) is 1. The molecule has 1 heterocycles. The van der Waals surface area contributed by atoms with Crippen LogP contribution in [0.25, 0.3) is 10.9 Å². The number of rotatable bonds is 5. The molecular weight excluding hydrogens is 526 g/mol. The van der Waals surface area contributed by atoms with Gasteiger partial charge in [0.15, 0.2) is 5.69 Å². The van der Waals surface area contributed by atoms with Gasteiger partial charge in [0, 0.05) is 9.86 Å². The lowest BCUT2D eigenvalue weighted by Crippen LogP contribution is -2.16. The zero-order valence-corrected chi connectivity index (χ0v) is 20.2. The van der Waals surface area contributed by atoms with E-state index in [-0.39, 0.29) is 27.3 Å². The second kappa shape index (κ2) is 9.40. The molecule has 11 heteroatoms. The van der Waals surface area contributed by atoms with E-state index in [1.54, 1.807) is 16.7 Å². The highest BCUT2D eigenvalue weighted by Crippen LogP contribution is 2.40. The van der Waals surface area contributed by atoms with Gasteiger partial charge in [-0.05, 0) is 48.1 Å². The number of benzene rings is 3. The minimum atomic E-state index is -3.96. The number of para-hydroxylation sites is 1. The number of azo groups is 1. The number of aromatic nitrogens is 1. The number of hydrogen-bond donors (Lipinski definition) is 3. The normalized spacial score (nSPS) is 11.8. The molecule has 3 aromatic carbocycles. The van der Waals surface area contributed by atoms with Crippen LogP contribution in [0.4, 0.5) is 11.4 Å². The van der Waals surface area contributed by atoms with Gasteiger partial charge in [-0.15, -0.1) is 10.2 Å². The van der Waals surface area contributed by atoms with Crippen molar-refractivity contribution in [3.8, 4) is 5.88 Å². The summed E-state index contributed by atoms with van der Waals surface area (Å²) in [4.78, 5) is -0.117. The lowest BCUT2D eigenvalue weighted by atomic mass is 10.2. The molecule has 1 aromatic heterocycles. The van der Waals surface area contributed by atoms with Crippen molar-refractivity contribution in [1.29, 1.82) is 0 Å². The van der Waals surface area contributed by atoms with E-state index in [2.05, 4.69) is 31.5 Å². The Bertz CT molecular complexity index is 1480. The number of halogens is 1. The quantitative estimate of drug-likeness (QED) is 0.233. The third kappa shape index (κ3) is 5.11. The van der Waals surface area contributed by atoms with Gasteiger partial charge < -0.3 is 15.0 Å². The maximum Gasteiger partial charge on any atom is 0.240 e. The largest absolute Gasteiger partial charge is 0.493 e. The van der Waals surface area contributed by atoms with Gasteiger partial charge in [0.2, 0.25) is 21.0 Å². The number of thiocarbonyl (C=S) groups is 1. The number of aromatic hydroxyl groups is 1. The Morgan fingerprint density at radius 1 is 1.09 bits per heavy atom. The van der Waals surface area contributed by atoms with Crippen LogP contribution in [0.5, 0.6) is 5.88 Å². The van der Waals surface area contributed by atoms with Gasteiger partial charge in [0.25, 0.3) is 0 Å². The number of nitrogens with two attached hydrogens (primary N) is 1. The van der Waals surface area contributed by atoms with Gasteiger partial charge in [-0.3, -0.25) is 0 Å². The maximum atomic E-state index is 11.8. The number of nitrogens with zero attached hydrogens (tertiary/aromatic N) is 3. The van der Waals surface area contributed by atoms with Gasteiger partial charge in [0.1, 0.15) is 4.90 Å². The number of primary sulfonamides is 1. The molecule has 0 amide bonds. The predicted octanol–water partition coefficient (Wildman–Crippen LogP) is 5.29. The molecule has 0 aliphatic rings. The Labute approximate surface area is 203 Å². The van der Waals surface area contributed by atoms with E-state index in [0.29, 0.717) is 11.9 Å². The van der Waals surface area contributed by atoms with Crippen molar-refractivity contribution in [2.24, 2.45) is 15.4 Å². The Balaban J connectivity index is 1.68. The molecule has 0 spiro atoms. The minimum Gasteiger partial charge on any atom is -0.493 e. The molecule has 4 rings (SSSR count). The Kier molecular flexibility index (Phi) is 6.56. The summed E-state index contributed by atoms with van der Waals surface area (Å²) in [5.74, 6) is -0.0663. The Morgan fingerprint density at radius 2 is 1.79 bits per heavy atom. The molecule has 4 N–H and O–H groups in total. The number of fused-ring (bicyclic) bond motifs is 1. The van der Waals surface area contributed by atoms with Crippen LogP contribution < -0.4 is 10.5 Å². The average Bonchev–Trinajstić information content (AvgIpc) is 3.03. The van der Waals surface area contributed by atoms with Gasteiger partial charge >= 0.3 is 0 Å². The van der Waals surface area contributed by atoms with E-state index in [0.717, 1.165) is 15.6 Å². The first-order chi connectivity index (χ1) is 15.7. The zero-order chi connectivity index (χ0) is 23.6. The van der Waals surface area contributed by atoms with Crippen LogP contribution >= 0.6 is 28.1 Å². The molecule has 168 valence electrons. The monoisotopic (exact) mass is 543 g/mol. The van der Waals surface area contributed by atoms with E-state index in [9.17, 15) is 13.5 Å². The molecule has 0 aliphatic carbocycles. The summed E-state index contributed by atoms with van der Waals surface area (Å²) >= 11 is 8.66. The fourth-order valence-corrected chi connectivity index (χ4v) is 4.58. The van der Waals surface area contributed by atoms with Crippen molar-refractivity contribution < 1.29 is 13.5 Å². The summed E-state index contributed by atoms with van der Waals surface area (Å²) in [6, 6.07) is 21.4. The Morgan fingerprint density at radius 3 is 2.52 bits per heavy atom. The summed E-state index contributed by atoms with van der Waals surface area (Å²) in [5.41, 5.74) is 2.20. The van der Waals surface area contributed by atoms with Crippen molar-refractivity contribution >= 4 is 65.6 Å². The van der Waals surface area contributed by atoms with Gasteiger partial charge in [-0.2, -0.15) is 0 Å². The second-order valence-corrected chi connectivity index (χ2v) is 9.91. The highest BCUT2D eigenvalue weighted by atomic mass is 79.9. The van der Waals surface area contributed by atoms with Gasteiger partial charge in [0.05, 0.1) is 17.7 Å².